The van der Waals surface area contributed by atoms with E-state index in [-0.39, 0.29) is 31.2 Å². The number of alkyl halides is 3. The largest absolute Gasteiger partial charge is 0.489 e. The number of esters is 1. The van der Waals surface area contributed by atoms with Crippen LogP contribution in [0.3, 0.4) is 0 Å². The Balaban J connectivity index is 1.75. The fourth-order valence-electron chi connectivity index (χ4n) is 3.73. The third-order valence-electron chi connectivity index (χ3n) is 5.83. The number of nitrogens with zero attached hydrogens (tertiary/aromatic N) is 3. The van der Waals surface area contributed by atoms with Crippen LogP contribution in [0.25, 0.3) is 0 Å². The van der Waals surface area contributed by atoms with Crippen LogP contribution in [-0.2, 0) is 36.8 Å². The van der Waals surface area contributed by atoms with Gasteiger partial charge in [0.05, 0.1) is 18.9 Å². The van der Waals surface area contributed by atoms with E-state index in [4.69, 9.17) is 30.4 Å². The molecule has 1 atom stereocenters. The molecule has 0 amide bonds. The molecule has 0 heterocycles. The molecule has 3 aromatic rings. The number of terminal acetylenes is 1. The molecular formula is C32H30F3N3O6. The van der Waals surface area contributed by atoms with Crippen molar-refractivity contribution in [1.29, 1.82) is 0 Å². The molecule has 12 heteroatoms. The van der Waals surface area contributed by atoms with Crippen molar-refractivity contribution >= 4 is 23.6 Å². The van der Waals surface area contributed by atoms with Crippen molar-refractivity contribution < 1.29 is 42.0 Å². The summed E-state index contributed by atoms with van der Waals surface area (Å²) in [5.41, 5.74) is 1.47. The Labute approximate surface area is 252 Å². The number of hydrogen-bond donors (Lipinski definition) is 0. The molecule has 1 unspecified atom stereocenters. The van der Waals surface area contributed by atoms with Crippen molar-refractivity contribution in [3.05, 3.63) is 101 Å². The van der Waals surface area contributed by atoms with E-state index in [0.717, 1.165) is 12.1 Å². The zero-order valence-electron chi connectivity index (χ0n) is 24.2. The first-order valence-corrected chi connectivity index (χ1v) is 13.3. The highest BCUT2D eigenvalue weighted by molar-refractivity contribution is 6.43. The number of carbonyl (C=O) groups excluding carboxylic acids is 1. The van der Waals surface area contributed by atoms with Gasteiger partial charge < -0.3 is 24.0 Å². The molecule has 0 saturated heterocycles. The first-order valence-electron chi connectivity index (χ1n) is 13.3. The molecule has 230 valence electrons. The van der Waals surface area contributed by atoms with Gasteiger partial charge in [0, 0.05) is 16.7 Å². The molecule has 3 aromatic carbocycles. The SMILES string of the molecule is C#CCON=C(C=NOC(C)c1ccccc1C(=NOCC)C(=O)OC)c1ccc(OCc2cccc(C(F)(F)F)c2)cc1. The molecule has 9 nitrogen and oxygen atoms in total. The number of benzene rings is 3. The molecule has 0 aliphatic carbocycles. The van der Waals surface area contributed by atoms with E-state index in [9.17, 15) is 18.0 Å². The van der Waals surface area contributed by atoms with Crippen LogP contribution in [0.2, 0.25) is 0 Å². The minimum absolute atomic E-state index is 0.0234. The van der Waals surface area contributed by atoms with Gasteiger partial charge in [-0.15, -0.1) is 6.42 Å². The van der Waals surface area contributed by atoms with Gasteiger partial charge in [0.15, 0.2) is 12.3 Å². The highest BCUT2D eigenvalue weighted by Gasteiger charge is 2.30. The minimum atomic E-state index is -4.44. The van der Waals surface area contributed by atoms with Gasteiger partial charge in [-0.1, -0.05) is 57.8 Å². The Kier molecular flexibility index (Phi) is 12.3. The maximum absolute atomic E-state index is 13.0. The normalized spacial score (nSPS) is 12.8. The fraction of sp³-hybridized carbons (Fsp3) is 0.250. The summed E-state index contributed by atoms with van der Waals surface area (Å²) in [5, 5.41) is 12.0. The lowest BCUT2D eigenvalue weighted by molar-refractivity contribution is -0.137. The highest BCUT2D eigenvalue weighted by Crippen LogP contribution is 2.30. The Morgan fingerprint density at radius 3 is 2.45 bits per heavy atom. The molecule has 44 heavy (non-hydrogen) atoms. The summed E-state index contributed by atoms with van der Waals surface area (Å²) in [5.74, 6) is 2.06. The monoisotopic (exact) mass is 609 g/mol. The quantitative estimate of drug-likeness (QED) is 0.0698. The van der Waals surface area contributed by atoms with Crippen LogP contribution in [0.1, 0.15) is 47.8 Å². The summed E-state index contributed by atoms with van der Waals surface area (Å²) in [6, 6.07) is 18.4. The van der Waals surface area contributed by atoms with E-state index < -0.39 is 23.8 Å². The van der Waals surface area contributed by atoms with Gasteiger partial charge in [0.25, 0.3) is 0 Å². The van der Waals surface area contributed by atoms with Gasteiger partial charge in [-0.2, -0.15) is 13.2 Å². The Morgan fingerprint density at radius 1 is 1.02 bits per heavy atom. The lowest BCUT2D eigenvalue weighted by Gasteiger charge is -2.15. The van der Waals surface area contributed by atoms with Crippen LogP contribution in [0.15, 0.2) is 88.3 Å². The number of ether oxygens (including phenoxy) is 2. The maximum atomic E-state index is 13.0. The van der Waals surface area contributed by atoms with E-state index in [2.05, 4.69) is 21.4 Å². The molecule has 0 spiro atoms. The number of methoxy groups -OCH3 is 1. The molecule has 3 rings (SSSR count). The first kappa shape index (κ1) is 33.2. The zero-order chi connectivity index (χ0) is 32.0. The summed E-state index contributed by atoms with van der Waals surface area (Å²) in [6.07, 6.45) is 1.50. The average molecular weight is 610 g/mol. The van der Waals surface area contributed by atoms with Gasteiger partial charge in [-0.3, -0.25) is 0 Å². The van der Waals surface area contributed by atoms with Crippen molar-refractivity contribution in [2.24, 2.45) is 15.5 Å². The highest BCUT2D eigenvalue weighted by atomic mass is 19.4. The average Bonchev–Trinajstić information content (AvgIpc) is 3.03. The number of rotatable bonds is 14. The molecule has 0 fully saturated rings. The number of carbonyl (C=O) groups is 1. The lowest BCUT2D eigenvalue weighted by Crippen LogP contribution is -2.20. The van der Waals surface area contributed by atoms with Crippen LogP contribution in [0.4, 0.5) is 13.2 Å². The summed E-state index contributed by atoms with van der Waals surface area (Å²) < 4.78 is 49.5. The molecular weight excluding hydrogens is 579 g/mol. The molecule has 0 aromatic heterocycles. The summed E-state index contributed by atoms with van der Waals surface area (Å²) in [6.45, 7) is 3.57. The molecule has 0 aliphatic heterocycles. The molecule has 0 radical (unpaired) electrons. The van der Waals surface area contributed by atoms with E-state index >= 15 is 0 Å². The van der Waals surface area contributed by atoms with Crippen molar-refractivity contribution in [2.45, 2.75) is 32.7 Å². The van der Waals surface area contributed by atoms with Crippen molar-refractivity contribution in [2.75, 3.05) is 20.3 Å². The Morgan fingerprint density at radius 2 is 1.77 bits per heavy atom. The zero-order valence-corrected chi connectivity index (χ0v) is 24.2. The van der Waals surface area contributed by atoms with E-state index in [1.54, 1.807) is 68.4 Å². The lowest BCUT2D eigenvalue weighted by atomic mass is 9.99. The van der Waals surface area contributed by atoms with Crippen LogP contribution in [0, 0.1) is 12.3 Å². The van der Waals surface area contributed by atoms with Gasteiger partial charge >= 0.3 is 12.1 Å². The second-order valence-corrected chi connectivity index (χ2v) is 8.88. The topological polar surface area (TPSA) is 100 Å². The second kappa shape index (κ2) is 16.4. The maximum Gasteiger partial charge on any atom is 0.416 e. The van der Waals surface area contributed by atoms with Crippen LogP contribution in [-0.4, -0.2) is 43.9 Å². The summed E-state index contributed by atoms with van der Waals surface area (Å²) in [4.78, 5) is 28.3. The van der Waals surface area contributed by atoms with Crippen LogP contribution >= 0.6 is 0 Å². The standard InChI is InChI=1S/C32H30F3N3O6/c1-5-18-43-37-29(24-14-16-26(17-15-24)41-21-23-10-9-11-25(19-23)32(33,34)35)20-36-44-22(3)27-12-7-8-13-28(27)30(31(39)40-4)38-42-6-2/h1,7-17,19-20,22H,6,18,21H2,2-4H3. The minimum Gasteiger partial charge on any atom is -0.489 e. The van der Waals surface area contributed by atoms with E-state index in [0.29, 0.717) is 28.0 Å². The van der Waals surface area contributed by atoms with Crippen molar-refractivity contribution in [3.63, 3.8) is 0 Å². The third kappa shape index (κ3) is 9.62. The van der Waals surface area contributed by atoms with Crippen LogP contribution in [0.5, 0.6) is 5.75 Å². The van der Waals surface area contributed by atoms with Gasteiger partial charge in [-0.25, -0.2) is 4.79 Å². The number of halogens is 3. The molecule has 0 aliphatic rings. The van der Waals surface area contributed by atoms with E-state index in [1.807, 2.05) is 0 Å². The van der Waals surface area contributed by atoms with Gasteiger partial charge in [0.2, 0.25) is 0 Å². The van der Waals surface area contributed by atoms with Crippen molar-refractivity contribution in [3.8, 4) is 18.1 Å². The number of hydrogen-bond acceptors (Lipinski definition) is 9. The van der Waals surface area contributed by atoms with Gasteiger partial charge in [-0.05, 0) is 55.8 Å². The smallest absolute Gasteiger partial charge is 0.416 e. The second-order valence-electron chi connectivity index (χ2n) is 8.88. The van der Waals surface area contributed by atoms with Crippen LogP contribution < -0.4 is 4.74 Å². The summed E-state index contributed by atoms with van der Waals surface area (Å²) >= 11 is 0. The Hall–Kier alpha value is -5.31. The molecule has 0 N–H and O–H groups in total. The third-order valence-corrected chi connectivity index (χ3v) is 5.83. The Bertz CT molecular complexity index is 1530. The van der Waals surface area contributed by atoms with Gasteiger partial charge in [0.1, 0.15) is 30.8 Å². The molecule has 0 saturated carbocycles. The predicted molar refractivity (Wildman–Crippen MR) is 158 cm³/mol. The summed E-state index contributed by atoms with van der Waals surface area (Å²) in [7, 11) is 1.24. The predicted octanol–water partition coefficient (Wildman–Crippen LogP) is 6.32. The van der Waals surface area contributed by atoms with Crippen molar-refractivity contribution in [1.82, 2.24) is 0 Å². The first-order chi connectivity index (χ1) is 21.2. The number of oxime groups is 3. The van der Waals surface area contributed by atoms with E-state index in [1.165, 1.54) is 19.4 Å². The molecule has 0 bridgehead atoms. The fourth-order valence-corrected chi connectivity index (χ4v) is 3.73.